The molecule has 0 bridgehead atoms. The number of carbonyl (C=O) groups excluding carboxylic acids is 1. The number of aromatic nitrogens is 2. The molecule has 2 aliphatic rings. The van der Waals surface area contributed by atoms with Crippen molar-refractivity contribution in [3.63, 3.8) is 0 Å². The summed E-state index contributed by atoms with van der Waals surface area (Å²) in [5.74, 6) is 1.49. The molecule has 0 aromatic carbocycles. The second-order valence-corrected chi connectivity index (χ2v) is 6.27. The molecule has 122 valence electrons. The Bertz CT molecular complexity index is 533. The topological polar surface area (TPSA) is 71.7 Å². The Balaban J connectivity index is 1.62. The smallest absolute Gasteiger partial charge is 0.252 e. The summed E-state index contributed by atoms with van der Waals surface area (Å²) < 4.78 is 10.1. The van der Waals surface area contributed by atoms with Crippen LogP contribution in [0.1, 0.15) is 37.9 Å². The summed E-state index contributed by atoms with van der Waals surface area (Å²) in [5, 5.41) is 3.98. The third-order valence-electron chi connectivity index (χ3n) is 4.78. The van der Waals surface area contributed by atoms with Gasteiger partial charge in [0.15, 0.2) is 5.82 Å². The Morgan fingerprint density at radius 2 is 2.23 bits per heavy atom. The quantitative estimate of drug-likeness (QED) is 0.809. The highest BCUT2D eigenvalue weighted by atomic mass is 16.5. The lowest BCUT2D eigenvalue weighted by Crippen LogP contribution is -2.49. The molecule has 0 aliphatic carbocycles. The van der Waals surface area contributed by atoms with E-state index in [1.165, 1.54) is 0 Å². The van der Waals surface area contributed by atoms with Crippen LogP contribution in [0.2, 0.25) is 0 Å². The third-order valence-corrected chi connectivity index (χ3v) is 4.78. The molecular formula is C15H24N4O3. The zero-order valence-electron chi connectivity index (χ0n) is 13.4. The number of methoxy groups -OCH3 is 1. The molecule has 2 fully saturated rings. The Kier molecular flexibility index (Phi) is 4.44. The molecule has 22 heavy (non-hydrogen) atoms. The maximum Gasteiger partial charge on any atom is 0.252 e. The number of piperidine rings is 1. The lowest BCUT2D eigenvalue weighted by molar-refractivity contribution is -0.145. The molecule has 1 aromatic rings. The molecule has 0 radical (unpaired) electrons. The van der Waals surface area contributed by atoms with Gasteiger partial charge in [-0.1, -0.05) is 5.16 Å². The van der Waals surface area contributed by atoms with Crippen molar-refractivity contribution in [1.29, 1.82) is 0 Å². The van der Waals surface area contributed by atoms with Gasteiger partial charge in [0.1, 0.15) is 6.61 Å². The Hall–Kier alpha value is -1.47. The number of rotatable bonds is 5. The lowest BCUT2D eigenvalue weighted by atomic mass is 9.78. The van der Waals surface area contributed by atoms with Crippen LogP contribution in [0, 0.1) is 5.41 Å². The van der Waals surface area contributed by atoms with E-state index in [0.29, 0.717) is 30.8 Å². The highest BCUT2D eigenvalue weighted by Crippen LogP contribution is 2.40. The van der Waals surface area contributed by atoms with Gasteiger partial charge in [0.05, 0.1) is 12.0 Å². The summed E-state index contributed by atoms with van der Waals surface area (Å²) in [4.78, 5) is 21.3. The van der Waals surface area contributed by atoms with Crippen molar-refractivity contribution in [1.82, 2.24) is 19.9 Å². The molecule has 1 aromatic heterocycles. The Labute approximate surface area is 130 Å². The number of carbonyl (C=O) groups is 1. The molecule has 1 atom stereocenters. The predicted molar refractivity (Wildman–Crippen MR) is 78.8 cm³/mol. The van der Waals surface area contributed by atoms with Crippen LogP contribution in [-0.2, 0) is 22.7 Å². The second kappa shape index (κ2) is 6.34. The average molecular weight is 308 g/mol. The van der Waals surface area contributed by atoms with Crippen molar-refractivity contribution in [2.45, 2.75) is 39.3 Å². The van der Waals surface area contributed by atoms with Crippen molar-refractivity contribution in [2.24, 2.45) is 5.41 Å². The SMILES string of the molecule is CCN1CCCC2(CCN(Cc3noc(COC)n3)C2)C1=O. The van der Waals surface area contributed by atoms with Gasteiger partial charge < -0.3 is 14.2 Å². The lowest BCUT2D eigenvalue weighted by Gasteiger charge is -2.39. The first-order chi connectivity index (χ1) is 10.7. The summed E-state index contributed by atoms with van der Waals surface area (Å²) in [7, 11) is 1.60. The normalized spacial score (nSPS) is 26.3. The summed E-state index contributed by atoms with van der Waals surface area (Å²) in [6.45, 7) is 6.46. The van der Waals surface area contributed by atoms with E-state index < -0.39 is 0 Å². The van der Waals surface area contributed by atoms with Gasteiger partial charge in [0.2, 0.25) is 5.91 Å². The zero-order chi connectivity index (χ0) is 15.6. The van der Waals surface area contributed by atoms with Crippen LogP contribution >= 0.6 is 0 Å². The van der Waals surface area contributed by atoms with Crippen molar-refractivity contribution in [3.8, 4) is 0 Å². The first-order valence-electron chi connectivity index (χ1n) is 7.99. The van der Waals surface area contributed by atoms with Crippen LogP contribution in [0.3, 0.4) is 0 Å². The maximum absolute atomic E-state index is 12.7. The number of nitrogens with zero attached hydrogens (tertiary/aromatic N) is 4. The number of likely N-dealkylation sites (tertiary alicyclic amines) is 2. The molecule has 7 nitrogen and oxygen atoms in total. The van der Waals surface area contributed by atoms with Gasteiger partial charge in [0, 0.05) is 26.7 Å². The van der Waals surface area contributed by atoms with Gasteiger partial charge in [-0.2, -0.15) is 4.98 Å². The van der Waals surface area contributed by atoms with Crippen molar-refractivity contribution >= 4 is 5.91 Å². The van der Waals surface area contributed by atoms with Crippen LogP contribution < -0.4 is 0 Å². The van der Waals surface area contributed by atoms with Gasteiger partial charge in [-0.15, -0.1) is 0 Å². The standard InChI is InChI=1S/C15H24N4O3/c1-3-19-7-4-5-15(14(19)20)6-8-18(11-15)9-12-16-13(10-21-2)22-17-12/h3-11H2,1-2H3. The molecule has 0 saturated carbocycles. The molecule has 1 spiro atoms. The highest BCUT2D eigenvalue weighted by Gasteiger charge is 2.47. The summed E-state index contributed by atoms with van der Waals surface area (Å²) in [5.41, 5.74) is -0.187. The summed E-state index contributed by atoms with van der Waals surface area (Å²) >= 11 is 0. The number of hydrogen-bond donors (Lipinski definition) is 0. The van der Waals surface area contributed by atoms with Gasteiger partial charge in [-0.3, -0.25) is 9.69 Å². The first-order valence-corrected chi connectivity index (χ1v) is 7.99. The highest BCUT2D eigenvalue weighted by molar-refractivity contribution is 5.84. The fraction of sp³-hybridized carbons (Fsp3) is 0.800. The summed E-state index contributed by atoms with van der Waals surface area (Å²) in [6, 6.07) is 0. The van der Waals surface area contributed by atoms with E-state index in [4.69, 9.17) is 9.26 Å². The Morgan fingerprint density at radius 1 is 1.36 bits per heavy atom. The molecule has 0 N–H and O–H groups in total. The molecular weight excluding hydrogens is 284 g/mol. The predicted octanol–water partition coefficient (Wildman–Crippen LogP) is 1.05. The van der Waals surface area contributed by atoms with Crippen molar-refractivity contribution in [2.75, 3.05) is 33.3 Å². The minimum absolute atomic E-state index is 0.187. The van der Waals surface area contributed by atoms with Gasteiger partial charge in [0.25, 0.3) is 5.89 Å². The molecule has 1 unspecified atom stereocenters. The largest absolute Gasteiger partial charge is 0.375 e. The van der Waals surface area contributed by atoms with E-state index in [-0.39, 0.29) is 5.41 Å². The van der Waals surface area contributed by atoms with Crippen LogP contribution in [0.5, 0.6) is 0 Å². The van der Waals surface area contributed by atoms with Gasteiger partial charge >= 0.3 is 0 Å². The molecule has 1 amide bonds. The van der Waals surface area contributed by atoms with E-state index >= 15 is 0 Å². The van der Waals surface area contributed by atoms with E-state index in [9.17, 15) is 4.79 Å². The van der Waals surface area contributed by atoms with Crippen molar-refractivity contribution in [3.05, 3.63) is 11.7 Å². The van der Waals surface area contributed by atoms with Crippen LogP contribution in [0.25, 0.3) is 0 Å². The molecule has 3 rings (SSSR count). The fourth-order valence-electron chi connectivity index (χ4n) is 3.66. The maximum atomic E-state index is 12.7. The fourth-order valence-corrected chi connectivity index (χ4v) is 3.66. The number of ether oxygens (including phenoxy) is 1. The molecule has 7 heteroatoms. The number of hydrogen-bond acceptors (Lipinski definition) is 6. The minimum Gasteiger partial charge on any atom is -0.375 e. The van der Waals surface area contributed by atoms with E-state index in [2.05, 4.69) is 22.0 Å². The molecule has 2 saturated heterocycles. The van der Waals surface area contributed by atoms with Crippen LogP contribution in [-0.4, -0.2) is 59.1 Å². The van der Waals surface area contributed by atoms with Crippen LogP contribution in [0.15, 0.2) is 4.52 Å². The monoisotopic (exact) mass is 308 g/mol. The number of amides is 1. The molecule has 3 heterocycles. The second-order valence-electron chi connectivity index (χ2n) is 6.27. The van der Waals surface area contributed by atoms with Gasteiger partial charge in [-0.25, -0.2) is 0 Å². The first kappa shape index (κ1) is 15.4. The van der Waals surface area contributed by atoms with Gasteiger partial charge in [-0.05, 0) is 32.7 Å². The zero-order valence-corrected chi connectivity index (χ0v) is 13.4. The van der Waals surface area contributed by atoms with Crippen LogP contribution in [0.4, 0.5) is 0 Å². The Morgan fingerprint density at radius 3 is 3.00 bits per heavy atom. The van der Waals surface area contributed by atoms with E-state index in [0.717, 1.165) is 45.4 Å². The summed E-state index contributed by atoms with van der Waals surface area (Å²) in [6.07, 6.45) is 3.04. The molecule has 2 aliphatic heterocycles. The van der Waals surface area contributed by atoms with Crippen molar-refractivity contribution < 1.29 is 14.1 Å². The average Bonchev–Trinajstić information content (AvgIpc) is 3.11. The van der Waals surface area contributed by atoms with E-state index in [1.807, 2.05) is 4.90 Å². The minimum atomic E-state index is -0.187. The van der Waals surface area contributed by atoms with E-state index in [1.54, 1.807) is 7.11 Å². The third kappa shape index (κ3) is 2.87.